The first-order valence-corrected chi connectivity index (χ1v) is 10.7. The zero-order chi connectivity index (χ0) is 20.6. The van der Waals surface area contributed by atoms with Gasteiger partial charge in [-0.15, -0.1) is 0 Å². The van der Waals surface area contributed by atoms with Crippen LogP contribution in [0.25, 0.3) is 0 Å². The molecule has 2 amide bonds. The SMILES string of the molecule is COC(=O)[C@]1(CCSC)[NH2+][C@H](c2ccc(N(C)C)cc2)[C@H]2C(=O)N(C)C(=O)[C@H]21. The van der Waals surface area contributed by atoms with Gasteiger partial charge in [-0.1, -0.05) is 12.1 Å². The lowest BCUT2D eigenvalue weighted by Crippen LogP contribution is -2.98. The zero-order valence-electron chi connectivity index (χ0n) is 17.0. The van der Waals surface area contributed by atoms with E-state index in [1.54, 1.807) is 11.8 Å². The number of likely N-dealkylation sites (tertiary alicyclic amines) is 1. The molecule has 2 aliphatic rings. The van der Waals surface area contributed by atoms with Crippen molar-refractivity contribution in [1.82, 2.24) is 4.90 Å². The summed E-state index contributed by atoms with van der Waals surface area (Å²) in [5.41, 5.74) is 0.906. The van der Waals surface area contributed by atoms with Gasteiger partial charge in [0.2, 0.25) is 17.4 Å². The lowest BCUT2D eigenvalue weighted by Gasteiger charge is -2.28. The molecule has 1 aromatic rings. The van der Waals surface area contributed by atoms with E-state index in [2.05, 4.69) is 0 Å². The van der Waals surface area contributed by atoms with Crippen LogP contribution >= 0.6 is 11.8 Å². The number of methoxy groups -OCH3 is 1. The number of hydrogen-bond acceptors (Lipinski definition) is 6. The van der Waals surface area contributed by atoms with Crippen molar-refractivity contribution >= 4 is 35.2 Å². The summed E-state index contributed by atoms with van der Waals surface area (Å²) in [5, 5.41) is 1.91. The number of rotatable bonds is 6. The monoisotopic (exact) mass is 406 g/mol. The molecule has 3 rings (SSSR count). The molecule has 28 heavy (non-hydrogen) atoms. The number of anilines is 1. The minimum Gasteiger partial charge on any atom is -0.464 e. The fourth-order valence-corrected chi connectivity index (χ4v) is 5.10. The summed E-state index contributed by atoms with van der Waals surface area (Å²) >= 11 is 1.61. The average Bonchev–Trinajstić information content (AvgIpc) is 3.16. The lowest BCUT2D eigenvalue weighted by molar-refractivity contribution is -0.734. The fourth-order valence-electron chi connectivity index (χ4n) is 4.56. The van der Waals surface area contributed by atoms with Gasteiger partial charge in [0.05, 0.1) is 7.11 Å². The number of carbonyl (C=O) groups is 3. The van der Waals surface area contributed by atoms with Crippen molar-refractivity contribution in [3.05, 3.63) is 29.8 Å². The van der Waals surface area contributed by atoms with Crippen LogP contribution in [0, 0.1) is 11.8 Å². The van der Waals surface area contributed by atoms with E-state index < -0.39 is 23.3 Å². The smallest absolute Gasteiger partial charge is 0.368 e. The molecular formula is C20H28N3O4S+. The number of nitrogens with two attached hydrogens (primary N) is 1. The normalized spacial score (nSPS) is 29.2. The van der Waals surface area contributed by atoms with E-state index in [0.29, 0.717) is 12.2 Å². The molecule has 2 N–H and O–H groups in total. The Balaban J connectivity index is 2.08. The molecule has 7 nitrogen and oxygen atoms in total. The number of fused-ring (bicyclic) bond motifs is 1. The Morgan fingerprint density at radius 2 is 1.89 bits per heavy atom. The zero-order valence-corrected chi connectivity index (χ0v) is 17.8. The van der Waals surface area contributed by atoms with E-state index in [0.717, 1.165) is 11.3 Å². The van der Waals surface area contributed by atoms with Gasteiger partial charge in [-0.05, 0) is 24.1 Å². The number of thioether (sulfide) groups is 1. The second kappa shape index (κ2) is 7.75. The van der Waals surface area contributed by atoms with Gasteiger partial charge < -0.3 is 15.0 Å². The third kappa shape index (κ3) is 3.08. The Kier molecular flexibility index (Phi) is 5.72. The molecule has 0 radical (unpaired) electrons. The second-order valence-corrected chi connectivity index (χ2v) is 8.68. The number of carbonyl (C=O) groups excluding carboxylic acids is 3. The van der Waals surface area contributed by atoms with E-state index in [9.17, 15) is 14.4 Å². The van der Waals surface area contributed by atoms with Crippen molar-refractivity contribution in [3.63, 3.8) is 0 Å². The topological polar surface area (TPSA) is 83.5 Å². The maximum absolute atomic E-state index is 13.0. The van der Waals surface area contributed by atoms with Gasteiger partial charge in [-0.3, -0.25) is 14.5 Å². The largest absolute Gasteiger partial charge is 0.464 e. The third-order valence-electron chi connectivity index (χ3n) is 6.07. The number of nitrogens with zero attached hydrogens (tertiary/aromatic N) is 2. The summed E-state index contributed by atoms with van der Waals surface area (Å²) in [4.78, 5) is 42.0. The summed E-state index contributed by atoms with van der Waals surface area (Å²) in [6.45, 7) is 0. The minimum absolute atomic E-state index is 0.220. The van der Waals surface area contributed by atoms with Crippen LogP contribution in [0.5, 0.6) is 0 Å². The van der Waals surface area contributed by atoms with E-state index in [-0.39, 0.29) is 17.9 Å². The van der Waals surface area contributed by atoms with Gasteiger partial charge in [0.1, 0.15) is 17.9 Å². The molecule has 0 bridgehead atoms. The van der Waals surface area contributed by atoms with Crippen LogP contribution in [-0.2, 0) is 19.1 Å². The van der Waals surface area contributed by atoms with Crippen molar-refractivity contribution in [2.24, 2.45) is 11.8 Å². The van der Waals surface area contributed by atoms with Crippen molar-refractivity contribution in [3.8, 4) is 0 Å². The van der Waals surface area contributed by atoms with Crippen LogP contribution in [0.3, 0.4) is 0 Å². The standard InChI is InChI=1S/C20H27N3O4S/c1-22(2)13-8-6-12(7-9-13)16-14-15(18(25)23(3)17(14)24)20(21-16,10-11-28-5)19(26)27-4/h6-9,14-16,21H,10-11H2,1-5H3/p+1/t14-,15-,16+,20+/m0/s1. The highest BCUT2D eigenvalue weighted by Gasteiger charge is 2.71. The molecule has 4 atom stereocenters. The molecule has 0 aliphatic carbocycles. The van der Waals surface area contributed by atoms with E-state index >= 15 is 0 Å². The molecule has 0 spiro atoms. The molecule has 0 aromatic heterocycles. The van der Waals surface area contributed by atoms with Crippen LogP contribution in [0.1, 0.15) is 18.0 Å². The highest BCUT2D eigenvalue weighted by molar-refractivity contribution is 7.98. The molecular weight excluding hydrogens is 378 g/mol. The molecule has 0 unspecified atom stereocenters. The molecule has 152 valence electrons. The predicted octanol–water partition coefficient (Wildman–Crippen LogP) is 0.267. The molecule has 8 heteroatoms. The molecule has 2 saturated heterocycles. The molecule has 0 saturated carbocycles. The van der Waals surface area contributed by atoms with Crippen LogP contribution in [0.2, 0.25) is 0 Å². The van der Waals surface area contributed by atoms with Crippen LogP contribution in [-0.4, -0.2) is 68.5 Å². The van der Waals surface area contributed by atoms with E-state index in [1.807, 2.05) is 54.8 Å². The molecule has 2 fully saturated rings. The Morgan fingerprint density at radius 3 is 2.43 bits per heavy atom. The van der Waals surface area contributed by atoms with Crippen molar-refractivity contribution in [1.29, 1.82) is 0 Å². The number of ether oxygens (including phenoxy) is 1. The fraction of sp³-hybridized carbons (Fsp3) is 0.550. The van der Waals surface area contributed by atoms with Crippen molar-refractivity contribution < 1.29 is 24.4 Å². The third-order valence-corrected chi connectivity index (χ3v) is 6.68. The molecule has 2 heterocycles. The van der Waals surface area contributed by atoms with E-state index in [4.69, 9.17) is 4.74 Å². The summed E-state index contributed by atoms with van der Waals surface area (Å²) in [6, 6.07) is 7.63. The average molecular weight is 407 g/mol. The highest BCUT2D eigenvalue weighted by atomic mass is 32.2. The van der Waals surface area contributed by atoms with Gasteiger partial charge in [-0.2, -0.15) is 11.8 Å². The summed E-state index contributed by atoms with van der Waals surface area (Å²) in [6.07, 6.45) is 2.43. The minimum atomic E-state index is -1.08. The maximum Gasteiger partial charge on any atom is 0.368 e. The first-order valence-electron chi connectivity index (χ1n) is 9.30. The molecule has 1 aromatic carbocycles. The van der Waals surface area contributed by atoms with Gasteiger partial charge in [0.15, 0.2) is 0 Å². The predicted molar refractivity (Wildman–Crippen MR) is 108 cm³/mol. The van der Waals surface area contributed by atoms with Gasteiger partial charge in [0, 0.05) is 38.8 Å². The number of amides is 2. The second-order valence-electron chi connectivity index (χ2n) is 7.69. The number of benzene rings is 1. The summed E-state index contributed by atoms with van der Waals surface area (Å²) in [7, 11) is 6.78. The van der Waals surface area contributed by atoms with Crippen LogP contribution in [0.15, 0.2) is 24.3 Å². The Morgan fingerprint density at radius 1 is 1.25 bits per heavy atom. The number of imide groups is 1. The van der Waals surface area contributed by atoms with E-state index in [1.165, 1.54) is 19.1 Å². The van der Waals surface area contributed by atoms with Crippen LogP contribution in [0.4, 0.5) is 5.69 Å². The van der Waals surface area contributed by atoms with Gasteiger partial charge in [0.25, 0.3) is 0 Å². The Hall–Kier alpha value is -2.06. The van der Waals surface area contributed by atoms with Crippen LogP contribution < -0.4 is 10.2 Å². The summed E-state index contributed by atoms with van der Waals surface area (Å²) < 4.78 is 5.13. The van der Waals surface area contributed by atoms with Gasteiger partial charge >= 0.3 is 5.97 Å². The Bertz CT molecular complexity index is 782. The van der Waals surface area contributed by atoms with Gasteiger partial charge in [-0.25, -0.2) is 4.79 Å². The number of hydrogen-bond donors (Lipinski definition) is 1. The maximum atomic E-state index is 13.0. The molecule has 2 aliphatic heterocycles. The first kappa shape index (κ1) is 20.7. The highest BCUT2D eigenvalue weighted by Crippen LogP contribution is 2.45. The first-order chi connectivity index (χ1) is 13.3. The van der Waals surface area contributed by atoms with Crippen molar-refractivity contribution in [2.45, 2.75) is 18.0 Å². The Labute approximate surface area is 169 Å². The van der Waals surface area contributed by atoms with Crippen molar-refractivity contribution in [2.75, 3.05) is 45.2 Å². The summed E-state index contributed by atoms with van der Waals surface area (Å²) in [5.74, 6) is -1.51. The number of esters is 1. The lowest BCUT2D eigenvalue weighted by atomic mass is 9.78. The number of quaternary nitrogens is 1. The quantitative estimate of drug-likeness (QED) is 0.539.